The van der Waals surface area contributed by atoms with E-state index in [-0.39, 0.29) is 5.04 Å². The Morgan fingerprint density at radius 1 is 1.24 bits per heavy atom. The van der Waals surface area contributed by atoms with Crippen molar-refractivity contribution in [3.63, 3.8) is 0 Å². The van der Waals surface area contributed by atoms with Crippen molar-refractivity contribution in [1.29, 1.82) is 4.78 Å². The number of rotatable bonds is 2. The summed E-state index contributed by atoms with van der Waals surface area (Å²) in [5.74, 6) is 0. The maximum Gasteiger partial charge on any atom is 0.131 e. The number of nitrogens with one attached hydrogen (secondary N) is 1. The second-order valence-electron chi connectivity index (χ2n) is 5.97. The summed E-state index contributed by atoms with van der Waals surface area (Å²) in [6.07, 6.45) is 0. The Kier molecular flexibility index (Phi) is 3.58. The van der Waals surface area contributed by atoms with Gasteiger partial charge in [0.2, 0.25) is 0 Å². The van der Waals surface area contributed by atoms with Gasteiger partial charge in [-0.05, 0) is 16.3 Å². The summed E-state index contributed by atoms with van der Waals surface area (Å²) in [7, 11) is -4.96. The summed E-state index contributed by atoms with van der Waals surface area (Å²) in [6, 6.07) is 7.44. The van der Waals surface area contributed by atoms with Crippen LogP contribution in [0.2, 0.25) is 18.1 Å². The second kappa shape index (κ2) is 4.22. The first-order valence-electron chi connectivity index (χ1n) is 5.64. The molecule has 0 aliphatic heterocycles. The molecule has 0 aliphatic carbocycles. The lowest BCUT2D eigenvalue weighted by Gasteiger charge is -2.38. The van der Waals surface area contributed by atoms with Gasteiger partial charge in [0.1, 0.15) is 9.92 Å². The van der Waals surface area contributed by atoms with Crippen molar-refractivity contribution in [3.8, 4) is 0 Å². The van der Waals surface area contributed by atoms with E-state index in [9.17, 15) is 4.21 Å². The average molecular weight is 270 g/mol. The molecule has 17 heavy (non-hydrogen) atoms. The minimum Gasteiger partial charge on any atom is -0.241 e. The molecule has 1 aromatic carbocycles. The summed E-state index contributed by atoms with van der Waals surface area (Å²) < 4.78 is 19.5. The van der Waals surface area contributed by atoms with Gasteiger partial charge < -0.3 is 0 Å². The van der Waals surface area contributed by atoms with Gasteiger partial charge in [-0.3, -0.25) is 0 Å². The van der Waals surface area contributed by atoms with E-state index >= 15 is 0 Å². The van der Waals surface area contributed by atoms with Crippen LogP contribution in [0.3, 0.4) is 0 Å². The molecule has 3 nitrogen and oxygen atoms in total. The molecule has 0 spiro atoms. The molecular weight excluding hydrogens is 248 g/mol. The van der Waals surface area contributed by atoms with Crippen LogP contribution in [-0.4, -0.2) is 12.3 Å². The molecule has 0 saturated carbocycles. The monoisotopic (exact) mass is 270 g/mol. The molecule has 0 fully saturated rings. The van der Waals surface area contributed by atoms with E-state index in [1.54, 1.807) is 12.1 Å². The van der Waals surface area contributed by atoms with Gasteiger partial charge in [-0.25, -0.2) is 14.1 Å². The minimum atomic E-state index is -3.14. The third-order valence-corrected chi connectivity index (χ3v) is 10.5. The van der Waals surface area contributed by atoms with Crippen LogP contribution in [0.25, 0.3) is 0 Å². The fourth-order valence-corrected chi connectivity index (χ4v) is 5.57. The van der Waals surface area contributed by atoms with Crippen molar-refractivity contribution in [2.24, 2.45) is 5.14 Å². The molecule has 1 atom stereocenters. The van der Waals surface area contributed by atoms with E-state index in [1.165, 1.54) is 0 Å². The van der Waals surface area contributed by atoms with E-state index < -0.39 is 18.0 Å². The highest BCUT2D eigenvalue weighted by Gasteiger charge is 2.39. The first-order chi connectivity index (χ1) is 7.48. The standard InChI is InChI=1S/C12H22N2OSSi/c1-12(2,3)17(4,5)11-9-7-6-8-10(11)16(13,14)15/h6-9H,1-5H3,(H3,13,14,15). The van der Waals surface area contributed by atoms with Gasteiger partial charge >= 0.3 is 0 Å². The molecule has 0 saturated heterocycles. The summed E-state index contributed by atoms with van der Waals surface area (Å²) >= 11 is 0. The molecule has 0 bridgehead atoms. The number of benzene rings is 1. The minimum absolute atomic E-state index is 0.133. The molecule has 96 valence electrons. The van der Waals surface area contributed by atoms with Gasteiger partial charge in [-0.15, -0.1) is 0 Å². The SMILES string of the molecule is CC(C)(C)[Si](C)(C)c1ccccc1S(=N)(N)=O. The molecule has 3 N–H and O–H groups in total. The number of nitrogens with two attached hydrogens (primary N) is 1. The predicted molar refractivity (Wildman–Crippen MR) is 76.6 cm³/mol. The topological polar surface area (TPSA) is 66.9 Å². The van der Waals surface area contributed by atoms with E-state index in [4.69, 9.17) is 9.92 Å². The van der Waals surface area contributed by atoms with Crippen molar-refractivity contribution < 1.29 is 4.21 Å². The normalized spacial score (nSPS) is 16.6. The van der Waals surface area contributed by atoms with Crippen LogP contribution in [0, 0.1) is 4.78 Å². The maximum absolute atomic E-state index is 11.8. The maximum atomic E-state index is 11.8. The molecule has 1 rings (SSSR count). The summed E-state index contributed by atoms with van der Waals surface area (Å²) in [5.41, 5.74) is 0. The van der Waals surface area contributed by atoms with E-state index in [0.717, 1.165) is 5.19 Å². The van der Waals surface area contributed by atoms with Crippen molar-refractivity contribution in [3.05, 3.63) is 24.3 Å². The largest absolute Gasteiger partial charge is 0.241 e. The Morgan fingerprint density at radius 2 is 1.71 bits per heavy atom. The van der Waals surface area contributed by atoms with Crippen LogP contribution in [0.15, 0.2) is 29.2 Å². The van der Waals surface area contributed by atoms with Gasteiger partial charge in [-0.2, -0.15) is 0 Å². The molecule has 5 heteroatoms. The zero-order valence-electron chi connectivity index (χ0n) is 11.2. The number of hydrogen-bond donors (Lipinski definition) is 2. The Morgan fingerprint density at radius 3 is 2.12 bits per heavy atom. The third-order valence-electron chi connectivity index (χ3n) is 3.76. The summed E-state index contributed by atoms with van der Waals surface area (Å²) in [4.78, 5) is 0.506. The lowest BCUT2D eigenvalue weighted by Crippen LogP contribution is -2.51. The molecule has 0 aliphatic rings. The first kappa shape index (κ1) is 14.4. The van der Waals surface area contributed by atoms with Crippen molar-refractivity contribution >= 4 is 23.2 Å². The van der Waals surface area contributed by atoms with Gasteiger partial charge in [0.15, 0.2) is 0 Å². The van der Waals surface area contributed by atoms with Gasteiger partial charge in [0, 0.05) is 0 Å². The summed E-state index contributed by atoms with van der Waals surface area (Å²) in [5, 5.41) is 6.68. The van der Waals surface area contributed by atoms with Gasteiger partial charge in [0.05, 0.1) is 13.0 Å². The number of hydrogen-bond acceptors (Lipinski definition) is 2. The Hall–Kier alpha value is -0.653. The predicted octanol–water partition coefficient (Wildman–Crippen LogP) is 2.68. The zero-order chi connectivity index (χ0) is 13.5. The fraction of sp³-hybridized carbons (Fsp3) is 0.500. The third kappa shape index (κ3) is 2.78. The molecule has 0 radical (unpaired) electrons. The molecular formula is C12H22N2OSSi. The van der Waals surface area contributed by atoms with Gasteiger partial charge in [-0.1, -0.05) is 52.1 Å². The highest BCUT2D eigenvalue weighted by molar-refractivity contribution is 7.90. The molecule has 0 amide bonds. The van der Waals surface area contributed by atoms with Crippen molar-refractivity contribution in [1.82, 2.24) is 0 Å². The molecule has 0 aromatic heterocycles. The Balaban J connectivity index is 3.54. The quantitative estimate of drug-likeness (QED) is 0.797. The zero-order valence-corrected chi connectivity index (χ0v) is 13.0. The lowest BCUT2D eigenvalue weighted by atomic mass is 10.2. The second-order valence-corrected chi connectivity index (χ2v) is 12.9. The van der Waals surface area contributed by atoms with E-state index in [1.807, 2.05) is 12.1 Å². The van der Waals surface area contributed by atoms with Crippen LogP contribution in [0.4, 0.5) is 0 Å². The van der Waals surface area contributed by atoms with E-state index in [2.05, 4.69) is 33.9 Å². The van der Waals surface area contributed by atoms with Gasteiger partial charge in [0.25, 0.3) is 0 Å². The van der Waals surface area contributed by atoms with Crippen LogP contribution in [-0.2, 0) is 9.92 Å². The Labute approximate surface area is 106 Å². The van der Waals surface area contributed by atoms with Crippen LogP contribution in [0.5, 0.6) is 0 Å². The summed E-state index contributed by atoms with van der Waals surface area (Å²) in [6.45, 7) is 11.0. The van der Waals surface area contributed by atoms with E-state index in [0.29, 0.717) is 4.90 Å². The van der Waals surface area contributed by atoms with Crippen molar-refractivity contribution in [2.45, 2.75) is 43.8 Å². The van der Waals surface area contributed by atoms with Crippen molar-refractivity contribution in [2.75, 3.05) is 0 Å². The molecule has 1 aromatic rings. The molecule has 0 heterocycles. The Bertz CT molecular complexity index is 516. The lowest BCUT2D eigenvalue weighted by molar-refractivity contribution is 0.676. The average Bonchev–Trinajstić information content (AvgIpc) is 2.14. The fourth-order valence-electron chi connectivity index (χ4n) is 1.65. The molecule has 1 unspecified atom stereocenters. The first-order valence-corrected chi connectivity index (χ1v) is 10.3. The highest BCUT2D eigenvalue weighted by Crippen LogP contribution is 2.36. The van der Waals surface area contributed by atoms with Crippen LogP contribution in [0.1, 0.15) is 20.8 Å². The van der Waals surface area contributed by atoms with Crippen LogP contribution < -0.4 is 10.3 Å². The smallest absolute Gasteiger partial charge is 0.131 e. The highest BCUT2D eigenvalue weighted by atomic mass is 32.2. The van der Waals surface area contributed by atoms with Crippen LogP contribution >= 0.6 is 0 Å².